The molecule has 3 heteroatoms. The average Bonchev–Trinajstić information content (AvgIpc) is 2.42. The summed E-state index contributed by atoms with van der Waals surface area (Å²) in [6.07, 6.45) is 0. The van der Waals surface area contributed by atoms with Crippen LogP contribution in [0.3, 0.4) is 0 Å². The van der Waals surface area contributed by atoms with Crippen molar-refractivity contribution in [3.63, 3.8) is 0 Å². The average molecular weight is 195 g/mol. The van der Waals surface area contributed by atoms with E-state index in [0.717, 1.165) is 16.2 Å². The largest absolute Gasteiger partial charge is 0.357 e. The van der Waals surface area contributed by atoms with Crippen LogP contribution >= 0.6 is 11.6 Å². The van der Waals surface area contributed by atoms with Gasteiger partial charge in [-0.3, -0.25) is 0 Å². The second-order valence-electron chi connectivity index (χ2n) is 3.12. The van der Waals surface area contributed by atoms with Gasteiger partial charge in [-0.05, 0) is 24.6 Å². The maximum Gasteiger partial charge on any atom is 0.0474 e. The van der Waals surface area contributed by atoms with Gasteiger partial charge >= 0.3 is 0 Å². The second kappa shape index (κ2) is 3.05. The van der Waals surface area contributed by atoms with Gasteiger partial charge in [-0.2, -0.15) is 0 Å². The van der Waals surface area contributed by atoms with Gasteiger partial charge in [0.15, 0.2) is 0 Å². The summed E-state index contributed by atoms with van der Waals surface area (Å²) >= 11 is 5.87. The molecule has 2 nitrogen and oxygen atoms in total. The number of aryl methyl sites for hydroxylation is 1. The number of aromatic amines is 1. The van der Waals surface area contributed by atoms with Crippen molar-refractivity contribution in [1.29, 1.82) is 0 Å². The van der Waals surface area contributed by atoms with Crippen LogP contribution in [0.15, 0.2) is 18.2 Å². The Morgan fingerprint density at radius 1 is 1.46 bits per heavy atom. The van der Waals surface area contributed by atoms with E-state index in [9.17, 15) is 0 Å². The maximum atomic E-state index is 5.87. The molecule has 0 fully saturated rings. The highest BCUT2D eigenvalue weighted by Gasteiger charge is 2.05. The quantitative estimate of drug-likeness (QED) is 0.720. The molecule has 0 unspecified atom stereocenters. The number of hydrogen-bond acceptors (Lipinski definition) is 1. The van der Waals surface area contributed by atoms with Crippen LogP contribution in [-0.2, 0) is 6.54 Å². The molecule has 68 valence electrons. The molecule has 1 heterocycles. The van der Waals surface area contributed by atoms with Crippen LogP contribution in [0.25, 0.3) is 10.9 Å². The van der Waals surface area contributed by atoms with Gasteiger partial charge < -0.3 is 10.7 Å². The Labute approximate surface area is 81.7 Å². The molecule has 1 aromatic carbocycles. The van der Waals surface area contributed by atoms with Crippen LogP contribution in [0.2, 0.25) is 5.02 Å². The number of benzene rings is 1. The normalized spacial score (nSPS) is 11.0. The predicted molar refractivity (Wildman–Crippen MR) is 55.9 cm³/mol. The van der Waals surface area contributed by atoms with Gasteiger partial charge in [0.05, 0.1) is 0 Å². The van der Waals surface area contributed by atoms with Crippen molar-refractivity contribution < 1.29 is 0 Å². The molecule has 2 rings (SSSR count). The van der Waals surface area contributed by atoms with E-state index in [0.29, 0.717) is 6.54 Å². The lowest BCUT2D eigenvalue weighted by Crippen LogP contribution is -1.97. The molecule has 1 aromatic heterocycles. The molecule has 0 amide bonds. The summed E-state index contributed by atoms with van der Waals surface area (Å²) in [5.41, 5.74) is 8.95. The van der Waals surface area contributed by atoms with E-state index in [2.05, 4.69) is 11.9 Å². The SMILES string of the molecule is Cc1c(CN)[nH]c2cc(Cl)ccc12. The van der Waals surface area contributed by atoms with Gasteiger partial charge in [0.1, 0.15) is 0 Å². The molecule has 3 N–H and O–H groups in total. The van der Waals surface area contributed by atoms with Crippen molar-refractivity contribution in [2.24, 2.45) is 5.73 Å². The fourth-order valence-corrected chi connectivity index (χ4v) is 1.74. The molecule has 0 spiro atoms. The van der Waals surface area contributed by atoms with Gasteiger partial charge in [0, 0.05) is 28.2 Å². The summed E-state index contributed by atoms with van der Waals surface area (Å²) in [5, 5.41) is 1.95. The van der Waals surface area contributed by atoms with Crippen LogP contribution in [0.1, 0.15) is 11.3 Å². The highest BCUT2D eigenvalue weighted by atomic mass is 35.5. The third-order valence-electron chi connectivity index (χ3n) is 2.33. The molecule has 2 aromatic rings. The Morgan fingerprint density at radius 2 is 2.23 bits per heavy atom. The number of halogens is 1. The number of fused-ring (bicyclic) bond motifs is 1. The lowest BCUT2D eigenvalue weighted by atomic mass is 10.1. The molecular weight excluding hydrogens is 184 g/mol. The zero-order chi connectivity index (χ0) is 9.42. The van der Waals surface area contributed by atoms with Crippen LogP contribution in [-0.4, -0.2) is 4.98 Å². The Hall–Kier alpha value is -0.990. The number of rotatable bonds is 1. The van der Waals surface area contributed by atoms with Crippen LogP contribution in [0.4, 0.5) is 0 Å². The minimum absolute atomic E-state index is 0.540. The molecule has 0 saturated carbocycles. The van der Waals surface area contributed by atoms with Crippen molar-refractivity contribution in [3.05, 3.63) is 34.5 Å². The fourth-order valence-electron chi connectivity index (χ4n) is 1.57. The fraction of sp³-hybridized carbons (Fsp3) is 0.200. The minimum atomic E-state index is 0.540. The monoisotopic (exact) mass is 194 g/mol. The lowest BCUT2D eigenvalue weighted by molar-refractivity contribution is 1.00. The van der Waals surface area contributed by atoms with Crippen molar-refractivity contribution in [3.8, 4) is 0 Å². The van der Waals surface area contributed by atoms with Crippen LogP contribution in [0, 0.1) is 6.92 Å². The number of hydrogen-bond donors (Lipinski definition) is 2. The zero-order valence-electron chi connectivity index (χ0n) is 7.39. The molecule has 0 bridgehead atoms. The first kappa shape index (κ1) is 8.60. The van der Waals surface area contributed by atoms with Gasteiger partial charge in [0.25, 0.3) is 0 Å². The lowest BCUT2D eigenvalue weighted by Gasteiger charge is -1.92. The summed E-state index contributed by atoms with van der Waals surface area (Å²) in [5.74, 6) is 0. The highest BCUT2D eigenvalue weighted by molar-refractivity contribution is 6.31. The van der Waals surface area contributed by atoms with Gasteiger partial charge in [-0.15, -0.1) is 0 Å². The van der Waals surface area contributed by atoms with E-state index in [-0.39, 0.29) is 0 Å². The topological polar surface area (TPSA) is 41.8 Å². The number of nitrogens with two attached hydrogens (primary N) is 1. The standard InChI is InChI=1S/C10H11ClN2/c1-6-8-3-2-7(11)4-9(8)13-10(6)5-12/h2-4,13H,5,12H2,1H3. The Morgan fingerprint density at radius 3 is 2.92 bits per heavy atom. The Bertz CT molecular complexity index is 445. The summed E-state index contributed by atoms with van der Waals surface area (Å²) in [4.78, 5) is 3.24. The molecule has 0 saturated heterocycles. The van der Waals surface area contributed by atoms with Crippen molar-refractivity contribution in [1.82, 2.24) is 4.98 Å². The number of aromatic nitrogens is 1. The van der Waals surface area contributed by atoms with Crippen LogP contribution < -0.4 is 5.73 Å². The van der Waals surface area contributed by atoms with Crippen molar-refractivity contribution >= 4 is 22.5 Å². The van der Waals surface area contributed by atoms with E-state index in [4.69, 9.17) is 17.3 Å². The molecule has 0 aliphatic rings. The van der Waals surface area contributed by atoms with E-state index in [1.54, 1.807) is 0 Å². The van der Waals surface area contributed by atoms with Gasteiger partial charge in [-0.25, -0.2) is 0 Å². The summed E-state index contributed by atoms with van der Waals surface area (Å²) in [6.45, 7) is 2.60. The second-order valence-corrected chi connectivity index (χ2v) is 3.56. The number of nitrogens with one attached hydrogen (secondary N) is 1. The summed E-state index contributed by atoms with van der Waals surface area (Å²) < 4.78 is 0. The molecule has 0 aliphatic carbocycles. The van der Waals surface area contributed by atoms with Crippen LogP contribution in [0.5, 0.6) is 0 Å². The predicted octanol–water partition coefficient (Wildman–Crippen LogP) is 2.59. The molecule has 0 radical (unpaired) electrons. The summed E-state index contributed by atoms with van der Waals surface area (Å²) in [7, 11) is 0. The van der Waals surface area contributed by atoms with Gasteiger partial charge in [0.2, 0.25) is 0 Å². The molecule has 0 aliphatic heterocycles. The highest BCUT2D eigenvalue weighted by Crippen LogP contribution is 2.24. The molecule has 13 heavy (non-hydrogen) atoms. The Kier molecular flexibility index (Phi) is 2.02. The van der Waals surface area contributed by atoms with Crippen molar-refractivity contribution in [2.75, 3.05) is 0 Å². The molecular formula is C10H11ClN2. The minimum Gasteiger partial charge on any atom is -0.357 e. The van der Waals surface area contributed by atoms with Gasteiger partial charge in [-0.1, -0.05) is 17.7 Å². The zero-order valence-corrected chi connectivity index (χ0v) is 8.15. The first-order valence-corrected chi connectivity index (χ1v) is 4.57. The smallest absolute Gasteiger partial charge is 0.0474 e. The van der Waals surface area contributed by atoms with E-state index >= 15 is 0 Å². The third kappa shape index (κ3) is 1.32. The van der Waals surface area contributed by atoms with Crippen molar-refractivity contribution in [2.45, 2.75) is 13.5 Å². The summed E-state index contributed by atoms with van der Waals surface area (Å²) in [6, 6.07) is 5.83. The maximum absolute atomic E-state index is 5.87. The van der Waals surface area contributed by atoms with E-state index in [1.807, 2.05) is 18.2 Å². The van der Waals surface area contributed by atoms with E-state index < -0.39 is 0 Å². The Balaban J connectivity index is 2.76. The van der Waals surface area contributed by atoms with E-state index in [1.165, 1.54) is 10.9 Å². The first-order chi connectivity index (χ1) is 6.22. The number of H-pyrrole nitrogens is 1. The molecule has 0 atom stereocenters. The third-order valence-corrected chi connectivity index (χ3v) is 2.56. The first-order valence-electron chi connectivity index (χ1n) is 4.19.